The van der Waals surface area contributed by atoms with Crippen molar-refractivity contribution in [1.29, 1.82) is 0 Å². The van der Waals surface area contributed by atoms with Crippen molar-refractivity contribution in [2.24, 2.45) is 0 Å². The van der Waals surface area contributed by atoms with Crippen LogP contribution in [0.5, 0.6) is 0 Å². The van der Waals surface area contributed by atoms with E-state index in [1.165, 1.54) is 6.20 Å². The molecule has 0 atom stereocenters. The first-order valence-electron chi connectivity index (χ1n) is 9.35. The lowest BCUT2D eigenvalue weighted by atomic mass is 10.0. The van der Waals surface area contributed by atoms with Crippen LogP contribution in [0.4, 0.5) is 5.00 Å². The van der Waals surface area contributed by atoms with Gasteiger partial charge in [0.05, 0.1) is 12.2 Å². The number of halogens is 1. The maximum atomic E-state index is 12.6. The molecule has 0 bridgehead atoms. The third kappa shape index (κ3) is 5.48. The fraction of sp³-hybridized carbons (Fsp3) is 0.182. The molecule has 2 heterocycles. The molecule has 0 radical (unpaired) electrons. The second-order valence-electron chi connectivity index (χ2n) is 6.35. The van der Waals surface area contributed by atoms with Crippen LogP contribution in [0.3, 0.4) is 0 Å². The topological polar surface area (TPSA) is 94.6 Å². The first-order chi connectivity index (χ1) is 14.9. The fourth-order valence-electron chi connectivity index (χ4n) is 2.72. The van der Waals surface area contributed by atoms with Crippen molar-refractivity contribution in [3.8, 4) is 11.1 Å². The number of aryl methyl sites for hydroxylation is 1. The Kier molecular flexibility index (Phi) is 7.38. The van der Waals surface area contributed by atoms with Gasteiger partial charge >= 0.3 is 11.9 Å². The van der Waals surface area contributed by atoms with Gasteiger partial charge in [0.15, 0.2) is 6.61 Å². The number of carbonyl (C=O) groups is 3. The Morgan fingerprint density at radius 3 is 2.45 bits per heavy atom. The number of carbonyl (C=O) groups excluding carboxylic acids is 3. The Hall–Kier alpha value is -3.23. The highest BCUT2D eigenvalue weighted by Gasteiger charge is 2.26. The van der Waals surface area contributed by atoms with Gasteiger partial charge < -0.3 is 14.8 Å². The van der Waals surface area contributed by atoms with Gasteiger partial charge in [-0.2, -0.15) is 0 Å². The number of amides is 1. The summed E-state index contributed by atoms with van der Waals surface area (Å²) < 4.78 is 10.5. The standard InChI is InChI=1S/C22H19ClN2O5S/c1-3-29-22(28)18-17(14-7-5-4-6-8-14)19(23)31-20(18)25-16(26)12-30-21(27)15-10-9-13(2)24-11-15/h4-11H,3,12H2,1-2H3,(H,25,26). The SMILES string of the molecule is CCOC(=O)c1c(NC(=O)COC(=O)c2ccc(C)nc2)sc(Cl)c1-c1ccccc1. The average Bonchev–Trinajstić information content (AvgIpc) is 3.08. The predicted molar refractivity (Wildman–Crippen MR) is 119 cm³/mol. The van der Waals surface area contributed by atoms with E-state index in [9.17, 15) is 14.4 Å². The molecule has 0 unspecified atom stereocenters. The molecular formula is C22H19ClN2O5S. The Morgan fingerprint density at radius 1 is 1.06 bits per heavy atom. The molecule has 1 N–H and O–H groups in total. The van der Waals surface area contributed by atoms with E-state index < -0.39 is 24.5 Å². The lowest BCUT2D eigenvalue weighted by molar-refractivity contribution is -0.119. The maximum absolute atomic E-state index is 12.6. The summed E-state index contributed by atoms with van der Waals surface area (Å²) in [5.41, 5.74) is 2.33. The van der Waals surface area contributed by atoms with Crippen molar-refractivity contribution in [2.45, 2.75) is 13.8 Å². The molecule has 7 nitrogen and oxygen atoms in total. The van der Waals surface area contributed by atoms with Gasteiger partial charge in [-0.25, -0.2) is 9.59 Å². The normalized spacial score (nSPS) is 10.4. The molecule has 0 spiro atoms. The number of thiophene rings is 1. The zero-order valence-corrected chi connectivity index (χ0v) is 18.4. The number of esters is 2. The number of pyridine rings is 1. The summed E-state index contributed by atoms with van der Waals surface area (Å²) in [7, 11) is 0. The van der Waals surface area contributed by atoms with E-state index in [1.807, 2.05) is 18.2 Å². The first kappa shape index (κ1) is 22.5. The largest absolute Gasteiger partial charge is 0.462 e. The molecule has 9 heteroatoms. The van der Waals surface area contributed by atoms with Gasteiger partial charge in [-0.3, -0.25) is 9.78 Å². The zero-order valence-electron chi connectivity index (χ0n) is 16.8. The molecule has 0 saturated carbocycles. The van der Waals surface area contributed by atoms with E-state index in [2.05, 4.69) is 10.3 Å². The Bertz CT molecular complexity index is 1100. The van der Waals surface area contributed by atoms with Gasteiger partial charge in [-0.05, 0) is 31.5 Å². The van der Waals surface area contributed by atoms with Crippen LogP contribution in [0, 0.1) is 6.92 Å². The molecule has 0 aliphatic heterocycles. The van der Waals surface area contributed by atoms with Gasteiger partial charge in [0.25, 0.3) is 5.91 Å². The predicted octanol–water partition coefficient (Wildman–Crippen LogP) is 4.74. The van der Waals surface area contributed by atoms with Crippen molar-refractivity contribution in [3.05, 3.63) is 69.8 Å². The van der Waals surface area contributed by atoms with E-state index in [4.69, 9.17) is 21.1 Å². The number of benzene rings is 1. The molecule has 0 saturated heterocycles. The lowest BCUT2D eigenvalue weighted by Crippen LogP contribution is -2.21. The van der Waals surface area contributed by atoms with Crippen molar-refractivity contribution < 1.29 is 23.9 Å². The second kappa shape index (κ2) is 10.2. The highest BCUT2D eigenvalue weighted by molar-refractivity contribution is 7.21. The van der Waals surface area contributed by atoms with Crippen LogP contribution in [0.15, 0.2) is 48.7 Å². The van der Waals surface area contributed by atoms with Crippen LogP contribution in [0.25, 0.3) is 11.1 Å². The molecular weight excluding hydrogens is 440 g/mol. The third-order valence-electron chi connectivity index (χ3n) is 4.14. The van der Waals surface area contributed by atoms with E-state index in [-0.39, 0.29) is 22.7 Å². The van der Waals surface area contributed by atoms with Gasteiger partial charge in [0.2, 0.25) is 0 Å². The summed E-state index contributed by atoms with van der Waals surface area (Å²) in [6, 6.07) is 12.3. The van der Waals surface area contributed by atoms with Crippen LogP contribution in [-0.4, -0.2) is 36.0 Å². The summed E-state index contributed by atoms with van der Waals surface area (Å²) >= 11 is 7.43. The number of anilines is 1. The second-order valence-corrected chi connectivity index (χ2v) is 7.98. The monoisotopic (exact) mass is 458 g/mol. The number of ether oxygens (including phenoxy) is 2. The minimum absolute atomic E-state index is 0.158. The fourth-order valence-corrected chi connectivity index (χ4v) is 4.11. The number of rotatable bonds is 7. The summed E-state index contributed by atoms with van der Waals surface area (Å²) in [6.45, 7) is 3.10. The van der Waals surface area contributed by atoms with Crippen molar-refractivity contribution in [3.63, 3.8) is 0 Å². The van der Waals surface area contributed by atoms with Crippen molar-refractivity contribution in [2.75, 3.05) is 18.5 Å². The van der Waals surface area contributed by atoms with Gasteiger partial charge in [0.1, 0.15) is 14.9 Å². The smallest absolute Gasteiger partial charge is 0.341 e. The molecule has 1 amide bonds. The number of hydrogen-bond acceptors (Lipinski definition) is 7. The average molecular weight is 459 g/mol. The summed E-state index contributed by atoms with van der Waals surface area (Å²) in [5.74, 6) is -1.90. The van der Waals surface area contributed by atoms with Gasteiger partial charge in [-0.15, -0.1) is 11.3 Å². The van der Waals surface area contributed by atoms with Gasteiger partial charge in [-0.1, -0.05) is 41.9 Å². The van der Waals surface area contributed by atoms with Crippen molar-refractivity contribution in [1.82, 2.24) is 4.98 Å². The lowest BCUT2D eigenvalue weighted by Gasteiger charge is -2.09. The summed E-state index contributed by atoms with van der Waals surface area (Å²) in [4.78, 5) is 41.1. The van der Waals surface area contributed by atoms with Crippen LogP contribution in [0.1, 0.15) is 33.3 Å². The molecule has 31 heavy (non-hydrogen) atoms. The Morgan fingerprint density at radius 2 is 1.81 bits per heavy atom. The van der Waals surface area contributed by atoms with Crippen LogP contribution in [0.2, 0.25) is 4.34 Å². The molecule has 0 aliphatic carbocycles. The molecule has 2 aromatic heterocycles. The highest BCUT2D eigenvalue weighted by atomic mass is 35.5. The van der Waals surface area contributed by atoms with E-state index >= 15 is 0 Å². The van der Waals surface area contributed by atoms with E-state index in [0.717, 1.165) is 17.0 Å². The van der Waals surface area contributed by atoms with Crippen LogP contribution < -0.4 is 5.32 Å². The first-order valence-corrected chi connectivity index (χ1v) is 10.5. The molecule has 3 aromatic rings. The number of nitrogens with one attached hydrogen (secondary N) is 1. The van der Waals surface area contributed by atoms with Crippen LogP contribution >= 0.6 is 22.9 Å². The summed E-state index contributed by atoms with van der Waals surface area (Å²) in [6.07, 6.45) is 1.37. The van der Waals surface area contributed by atoms with Crippen molar-refractivity contribution >= 4 is 45.8 Å². The minimum atomic E-state index is -0.678. The molecule has 0 fully saturated rings. The molecule has 3 rings (SSSR count). The highest BCUT2D eigenvalue weighted by Crippen LogP contribution is 2.43. The molecule has 1 aromatic carbocycles. The summed E-state index contributed by atoms with van der Waals surface area (Å²) in [5, 5.41) is 2.82. The molecule has 160 valence electrons. The van der Waals surface area contributed by atoms with Gasteiger partial charge in [0, 0.05) is 17.5 Å². The van der Waals surface area contributed by atoms with Crippen LogP contribution in [-0.2, 0) is 14.3 Å². The minimum Gasteiger partial charge on any atom is -0.462 e. The zero-order chi connectivity index (χ0) is 22.4. The maximum Gasteiger partial charge on any atom is 0.341 e. The Balaban J connectivity index is 1.78. The van der Waals surface area contributed by atoms with E-state index in [1.54, 1.807) is 38.1 Å². The molecule has 0 aliphatic rings. The number of hydrogen-bond donors (Lipinski definition) is 1. The van der Waals surface area contributed by atoms with E-state index in [0.29, 0.717) is 15.5 Å². The number of nitrogens with zero attached hydrogens (tertiary/aromatic N) is 1. The third-order valence-corrected chi connectivity index (χ3v) is 5.46. The Labute approximate surface area is 188 Å². The number of aromatic nitrogens is 1. The quantitative estimate of drug-likeness (QED) is 0.513.